The van der Waals surface area contributed by atoms with Gasteiger partial charge < -0.3 is 15.2 Å². The Labute approximate surface area is 115 Å². The Kier molecular flexibility index (Phi) is 4.88. The largest absolute Gasteiger partial charge is 0.493 e. The Hall–Kier alpha value is -1.27. The molecule has 0 saturated heterocycles. The molecule has 0 amide bonds. The summed E-state index contributed by atoms with van der Waals surface area (Å²) < 4.78 is 44.1. The van der Waals surface area contributed by atoms with E-state index in [-0.39, 0.29) is 19.0 Å². The average molecular weight is 289 g/mol. The first-order chi connectivity index (χ1) is 9.50. The monoisotopic (exact) mass is 289 g/mol. The summed E-state index contributed by atoms with van der Waals surface area (Å²) in [4.78, 5) is 0. The van der Waals surface area contributed by atoms with Gasteiger partial charge in [-0.1, -0.05) is 6.07 Å². The lowest BCUT2D eigenvalue weighted by molar-refractivity contribution is -0.139. The smallest absolute Gasteiger partial charge is 0.419 e. The van der Waals surface area contributed by atoms with E-state index in [4.69, 9.17) is 9.84 Å². The number of hydrogen-bond donors (Lipinski definition) is 2. The molecule has 1 fully saturated rings. The molecule has 1 aromatic carbocycles. The van der Waals surface area contributed by atoms with Crippen molar-refractivity contribution in [1.82, 2.24) is 5.32 Å². The van der Waals surface area contributed by atoms with Gasteiger partial charge in [0, 0.05) is 25.6 Å². The number of benzene rings is 1. The molecule has 0 aliphatic heterocycles. The molecule has 1 aliphatic carbocycles. The highest BCUT2D eigenvalue weighted by Crippen LogP contribution is 2.37. The lowest BCUT2D eigenvalue weighted by Crippen LogP contribution is -2.16. The third-order valence-electron chi connectivity index (χ3n) is 3.08. The van der Waals surface area contributed by atoms with Crippen LogP contribution in [0.25, 0.3) is 0 Å². The van der Waals surface area contributed by atoms with Crippen molar-refractivity contribution in [1.29, 1.82) is 0 Å². The van der Waals surface area contributed by atoms with Gasteiger partial charge in [0.15, 0.2) is 0 Å². The maximum absolute atomic E-state index is 13.0. The summed E-state index contributed by atoms with van der Waals surface area (Å²) in [6.45, 7) is 0.397. The number of aliphatic hydroxyl groups is 1. The first-order valence-corrected chi connectivity index (χ1v) is 6.68. The molecule has 0 atom stereocenters. The zero-order chi connectivity index (χ0) is 14.6. The number of alkyl halides is 3. The standard InChI is InChI=1S/C14H18F3NO2/c15-14(16,17)12-8-10(9-18-11-3-4-11)2-5-13(12)20-7-1-6-19/h2,5,8,11,18-19H,1,3-4,6-7,9H2. The Morgan fingerprint density at radius 2 is 2.05 bits per heavy atom. The predicted molar refractivity (Wildman–Crippen MR) is 68.5 cm³/mol. The highest BCUT2D eigenvalue weighted by molar-refractivity contribution is 5.39. The molecule has 2 rings (SSSR count). The summed E-state index contributed by atoms with van der Waals surface area (Å²) in [6.07, 6.45) is -1.95. The van der Waals surface area contributed by atoms with Gasteiger partial charge >= 0.3 is 6.18 Å². The minimum atomic E-state index is -4.44. The SMILES string of the molecule is OCCCOc1ccc(CNC2CC2)cc1C(F)(F)F. The van der Waals surface area contributed by atoms with Gasteiger partial charge in [-0.15, -0.1) is 0 Å². The first kappa shape index (κ1) is 15.1. The molecule has 0 heterocycles. The van der Waals surface area contributed by atoms with E-state index in [1.807, 2.05) is 0 Å². The van der Waals surface area contributed by atoms with Crippen LogP contribution in [-0.2, 0) is 12.7 Å². The number of rotatable bonds is 7. The van der Waals surface area contributed by atoms with E-state index < -0.39 is 11.7 Å². The number of halogens is 3. The van der Waals surface area contributed by atoms with Crippen LogP contribution in [0.5, 0.6) is 5.75 Å². The Balaban J connectivity index is 2.09. The number of hydrogen-bond acceptors (Lipinski definition) is 3. The number of aliphatic hydroxyl groups excluding tert-OH is 1. The highest BCUT2D eigenvalue weighted by Gasteiger charge is 2.34. The highest BCUT2D eigenvalue weighted by atomic mass is 19.4. The summed E-state index contributed by atoms with van der Waals surface area (Å²) >= 11 is 0. The van der Waals surface area contributed by atoms with Crippen LogP contribution in [0.1, 0.15) is 30.4 Å². The van der Waals surface area contributed by atoms with Gasteiger partial charge in [0.05, 0.1) is 12.2 Å². The fraction of sp³-hybridized carbons (Fsp3) is 0.571. The quantitative estimate of drug-likeness (QED) is 0.758. The molecular weight excluding hydrogens is 271 g/mol. The van der Waals surface area contributed by atoms with Crippen molar-refractivity contribution in [2.24, 2.45) is 0 Å². The average Bonchev–Trinajstić information content (AvgIpc) is 3.20. The summed E-state index contributed by atoms with van der Waals surface area (Å²) in [5.41, 5.74) is -0.163. The van der Waals surface area contributed by atoms with Crippen LogP contribution in [0.15, 0.2) is 18.2 Å². The maximum atomic E-state index is 13.0. The van der Waals surface area contributed by atoms with Gasteiger partial charge in [0.2, 0.25) is 0 Å². The minimum Gasteiger partial charge on any atom is -0.493 e. The summed E-state index contributed by atoms with van der Waals surface area (Å²) in [7, 11) is 0. The Morgan fingerprint density at radius 1 is 1.30 bits per heavy atom. The second kappa shape index (κ2) is 6.45. The van der Waals surface area contributed by atoms with Crippen LogP contribution < -0.4 is 10.1 Å². The molecule has 1 saturated carbocycles. The molecule has 0 aromatic heterocycles. The van der Waals surface area contributed by atoms with E-state index in [0.717, 1.165) is 18.9 Å². The molecule has 112 valence electrons. The van der Waals surface area contributed by atoms with Crippen molar-refractivity contribution in [3.63, 3.8) is 0 Å². The summed E-state index contributed by atoms with van der Waals surface area (Å²) in [5, 5.41) is 11.8. The fourth-order valence-electron chi connectivity index (χ4n) is 1.83. The molecule has 1 aliphatic rings. The molecule has 0 radical (unpaired) electrons. The van der Waals surface area contributed by atoms with E-state index in [2.05, 4.69) is 5.32 Å². The van der Waals surface area contributed by atoms with Crippen molar-refractivity contribution in [2.75, 3.05) is 13.2 Å². The van der Waals surface area contributed by atoms with Crippen molar-refractivity contribution in [2.45, 2.75) is 38.0 Å². The summed E-state index contributed by atoms with van der Waals surface area (Å²) in [5.74, 6) is -0.180. The molecule has 0 bridgehead atoms. The van der Waals surface area contributed by atoms with Gasteiger partial charge in [-0.2, -0.15) is 13.2 Å². The molecule has 0 spiro atoms. The fourth-order valence-corrected chi connectivity index (χ4v) is 1.83. The van der Waals surface area contributed by atoms with Gasteiger partial charge in [-0.25, -0.2) is 0 Å². The normalized spacial score (nSPS) is 15.4. The zero-order valence-electron chi connectivity index (χ0n) is 11.0. The van der Waals surface area contributed by atoms with Crippen molar-refractivity contribution < 1.29 is 23.0 Å². The van der Waals surface area contributed by atoms with E-state index >= 15 is 0 Å². The van der Waals surface area contributed by atoms with Crippen LogP contribution in [0.3, 0.4) is 0 Å². The van der Waals surface area contributed by atoms with E-state index in [0.29, 0.717) is 24.6 Å². The molecule has 1 aromatic rings. The minimum absolute atomic E-state index is 0.0687. The van der Waals surface area contributed by atoms with Gasteiger partial charge in [-0.3, -0.25) is 0 Å². The van der Waals surface area contributed by atoms with Crippen molar-refractivity contribution >= 4 is 0 Å². The van der Waals surface area contributed by atoms with Crippen LogP contribution in [0.4, 0.5) is 13.2 Å². The number of nitrogens with one attached hydrogen (secondary N) is 1. The molecular formula is C14H18F3NO2. The maximum Gasteiger partial charge on any atom is 0.419 e. The van der Waals surface area contributed by atoms with Crippen LogP contribution in [0.2, 0.25) is 0 Å². The molecule has 2 N–H and O–H groups in total. The Morgan fingerprint density at radius 3 is 2.65 bits per heavy atom. The van der Waals surface area contributed by atoms with Gasteiger partial charge in [0.25, 0.3) is 0 Å². The van der Waals surface area contributed by atoms with E-state index in [1.54, 1.807) is 6.07 Å². The lowest BCUT2D eigenvalue weighted by atomic mass is 10.1. The zero-order valence-corrected chi connectivity index (χ0v) is 11.0. The van der Waals surface area contributed by atoms with E-state index in [9.17, 15) is 13.2 Å². The second-order valence-electron chi connectivity index (χ2n) is 4.91. The summed E-state index contributed by atoms with van der Waals surface area (Å²) in [6, 6.07) is 4.57. The molecule has 6 heteroatoms. The molecule has 20 heavy (non-hydrogen) atoms. The predicted octanol–water partition coefficient (Wildman–Crippen LogP) is 2.72. The van der Waals surface area contributed by atoms with E-state index in [1.165, 1.54) is 6.07 Å². The van der Waals surface area contributed by atoms with Crippen molar-refractivity contribution in [3.8, 4) is 5.75 Å². The second-order valence-corrected chi connectivity index (χ2v) is 4.91. The number of ether oxygens (including phenoxy) is 1. The van der Waals surface area contributed by atoms with Crippen LogP contribution in [-0.4, -0.2) is 24.4 Å². The third kappa shape index (κ3) is 4.38. The van der Waals surface area contributed by atoms with Gasteiger partial charge in [-0.05, 0) is 30.5 Å². The Bertz CT molecular complexity index is 445. The lowest BCUT2D eigenvalue weighted by Gasteiger charge is -2.15. The van der Waals surface area contributed by atoms with Crippen LogP contribution >= 0.6 is 0 Å². The van der Waals surface area contributed by atoms with Crippen LogP contribution in [0, 0.1) is 0 Å². The third-order valence-corrected chi connectivity index (χ3v) is 3.08. The van der Waals surface area contributed by atoms with Crippen molar-refractivity contribution in [3.05, 3.63) is 29.3 Å². The first-order valence-electron chi connectivity index (χ1n) is 6.68. The molecule has 3 nitrogen and oxygen atoms in total. The molecule has 0 unspecified atom stereocenters. The topological polar surface area (TPSA) is 41.5 Å². The van der Waals surface area contributed by atoms with Gasteiger partial charge in [0.1, 0.15) is 5.75 Å².